The Morgan fingerprint density at radius 3 is 1.09 bits per heavy atom. The maximum absolute atomic E-state index is 14.1. The Labute approximate surface area is 385 Å². The summed E-state index contributed by atoms with van der Waals surface area (Å²) in [5.74, 6) is -2.29. The summed E-state index contributed by atoms with van der Waals surface area (Å²) >= 11 is 0. The molecule has 0 spiro atoms. The van der Waals surface area contributed by atoms with Gasteiger partial charge in [0.25, 0.3) is 11.8 Å². The van der Waals surface area contributed by atoms with E-state index < -0.39 is 148 Å². The third-order valence-electron chi connectivity index (χ3n) is 12.1. The molecule has 0 aromatic rings. The molecule has 2 fully saturated rings. The van der Waals surface area contributed by atoms with Crippen molar-refractivity contribution in [3.8, 4) is 0 Å². The maximum Gasteiger partial charge on any atom is 0.254 e. The molecule has 2 saturated heterocycles. The molecule has 24 nitrogen and oxygen atoms in total. The van der Waals surface area contributed by atoms with Crippen LogP contribution >= 0.6 is 0 Å². The van der Waals surface area contributed by atoms with E-state index in [2.05, 4.69) is 0 Å². The molecule has 66 heavy (non-hydrogen) atoms. The minimum atomic E-state index is -2.41. The van der Waals surface area contributed by atoms with Crippen LogP contribution in [0.3, 0.4) is 0 Å². The molecule has 0 bridgehead atoms. The fraction of sp³-hybridized carbons (Fsp3) is 0.952. The molecule has 0 unspecified atom stereocenters. The highest BCUT2D eigenvalue weighted by atomic mass is 16.7. The third kappa shape index (κ3) is 17.5. The van der Waals surface area contributed by atoms with Crippen LogP contribution in [-0.4, -0.2) is 266 Å². The van der Waals surface area contributed by atoms with Crippen LogP contribution in [0.1, 0.15) is 90.9 Å². The Balaban J connectivity index is 2.42. The third-order valence-corrected chi connectivity index (χ3v) is 12.1. The van der Waals surface area contributed by atoms with Crippen LogP contribution in [0.2, 0.25) is 0 Å². The zero-order valence-corrected chi connectivity index (χ0v) is 38.0. The summed E-state index contributed by atoms with van der Waals surface area (Å²) in [4.78, 5) is 30.4. The lowest BCUT2D eigenvalue weighted by Gasteiger charge is -2.42. The van der Waals surface area contributed by atoms with Crippen LogP contribution in [0.15, 0.2) is 0 Å². The first kappa shape index (κ1) is 60.3. The second-order valence-electron chi connectivity index (χ2n) is 17.2. The number of carbonyl (C=O) groups excluding carboxylic acids is 2. The van der Waals surface area contributed by atoms with E-state index >= 15 is 0 Å². The molecule has 18 atom stereocenters. The number of hydrogen-bond acceptors (Lipinski definition) is 22. The van der Waals surface area contributed by atoms with E-state index in [0.717, 1.165) is 61.2 Å². The van der Waals surface area contributed by atoms with E-state index in [9.17, 15) is 91.3 Å². The van der Waals surface area contributed by atoms with E-state index in [0.29, 0.717) is 25.7 Å². The van der Waals surface area contributed by atoms with E-state index in [-0.39, 0.29) is 26.2 Å². The van der Waals surface area contributed by atoms with Crippen molar-refractivity contribution in [3.63, 3.8) is 0 Å². The van der Waals surface area contributed by atoms with Gasteiger partial charge in [0.05, 0.1) is 26.4 Å². The minimum Gasteiger partial charge on any atom is -0.394 e. The zero-order chi connectivity index (χ0) is 49.7. The highest BCUT2D eigenvalue weighted by Crippen LogP contribution is 2.27. The summed E-state index contributed by atoms with van der Waals surface area (Å²) < 4.78 is 21.6. The smallest absolute Gasteiger partial charge is 0.254 e. The van der Waals surface area contributed by atoms with Crippen LogP contribution < -0.4 is 0 Å². The first-order chi connectivity index (χ1) is 31.4. The molecule has 0 saturated carbocycles. The Kier molecular flexibility index (Phi) is 28.7. The molecule has 2 heterocycles. The average molecular weight is 965 g/mol. The van der Waals surface area contributed by atoms with Gasteiger partial charge >= 0.3 is 0 Å². The number of amides is 2. The quantitative estimate of drug-likeness (QED) is 0.0272. The molecule has 2 aliphatic rings. The molecule has 0 aliphatic carbocycles. The summed E-state index contributed by atoms with van der Waals surface area (Å²) in [6, 6.07) is 0. The van der Waals surface area contributed by atoms with Gasteiger partial charge in [0.15, 0.2) is 24.8 Å². The zero-order valence-electron chi connectivity index (χ0n) is 38.0. The van der Waals surface area contributed by atoms with Gasteiger partial charge in [-0.05, 0) is 12.8 Å². The van der Waals surface area contributed by atoms with E-state index in [4.69, 9.17) is 18.9 Å². The summed E-state index contributed by atoms with van der Waals surface area (Å²) in [7, 11) is 0. The number of carbonyl (C=O) groups is 2. The lowest BCUT2D eigenvalue weighted by molar-refractivity contribution is -0.326. The molecule has 0 radical (unpaired) electrons. The number of hydrogen-bond donors (Lipinski definition) is 16. The predicted octanol–water partition coefficient (Wildman–Crippen LogP) is -6.12. The van der Waals surface area contributed by atoms with Gasteiger partial charge in [0, 0.05) is 26.2 Å². The van der Waals surface area contributed by atoms with Crippen molar-refractivity contribution in [3.05, 3.63) is 0 Å². The van der Waals surface area contributed by atoms with Gasteiger partial charge < -0.3 is 110 Å². The number of aliphatic hydroxyl groups is 16. The first-order valence-electron chi connectivity index (χ1n) is 23.2. The summed E-state index contributed by atoms with van der Waals surface area (Å²) in [6.07, 6.45) is -26.9. The SMILES string of the molecule is CCCCCCCCN(CCN(CCCCCCCC)C(=O)[C@H](O)[C@@H](O)[C@H](O[C@@H]1O[C@H](CO)[C@H](O)[C@H](O)[C@H]1O)[C@H](O)CO)C(=O)[C@H](O)[C@@H](O)[C@H](O[C@@H]1O[C@H](CO)[C@H](O)[C@H](O)[C@H]1O)[C@H](O)CO. The maximum atomic E-state index is 14.1. The van der Waals surface area contributed by atoms with Crippen LogP contribution in [0, 0.1) is 0 Å². The number of ether oxygens (including phenoxy) is 4. The second-order valence-corrected chi connectivity index (χ2v) is 17.2. The molecule has 2 aliphatic heterocycles. The van der Waals surface area contributed by atoms with Crippen LogP contribution in [0.4, 0.5) is 0 Å². The molecule has 2 rings (SSSR count). The van der Waals surface area contributed by atoms with Gasteiger partial charge in [-0.1, -0.05) is 78.1 Å². The Hall–Kier alpha value is -1.86. The fourth-order valence-electron chi connectivity index (χ4n) is 7.77. The second kappa shape index (κ2) is 31.4. The van der Waals surface area contributed by atoms with Crippen molar-refractivity contribution in [2.75, 3.05) is 52.6 Å². The lowest BCUT2D eigenvalue weighted by atomic mass is 9.98. The molecule has 390 valence electrons. The van der Waals surface area contributed by atoms with Crippen LogP contribution in [0.5, 0.6) is 0 Å². The van der Waals surface area contributed by atoms with Crippen LogP contribution in [0.25, 0.3) is 0 Å². The minimum absolute atomic E-state index is 0.0442. The summed E-state index contributed by atoms with van der Waals surface area (Å²) in [6.45, 7) is -0.648. The number of rotatable bonds is 33. The summed E-state index contributed by atoms with van der Waals surface area (Å²) in [5.41, 5.74) is 0. The van der Waals surface area contributed by atoms with Crippen molar-refractivity contribution in [1.82, 2.24) is 9.80 Å². The van der Waals surface area contributed by atoms with Crippen molar-refractivity contribution < 1.29 is 110 Å². The van der Waals surface area contributed by atoms with Crippen molar-refractivity contribution in [2.45, 2.75) is 201 Å². The van der Waals surface area contributed by atoms with Crippen molar-refractivity contribution in [2.24, 2.45) is 0 Å². The highest BCUT2D eigenvalue weighted by Gasteiger charge is 2.49. The topological polar surface area (TPSA) is 401 Å². The molecule has 0 aromatic heterocycles. The standard InChI is InChI=1S/C42H80N2O22/c1-3-5-7-9-11-13-15-43(39(61)33(57)31(55)37(23(49)19-45)65-41-35(59)29(53)27(51)25(21-47)63-41)17-18-44(16-14-12-10-8-6-4-2)40(62)34(58)32(56)38(24(50)20-46)66-42-36(60)30(54)28(52)26(22-48)64-42/h23-38,41-42,45-60H,3-22H2,1-2H3/t23-,24-,25-,26-,27+,28+,29+,30+,31-,32-,33-,34-,35-,36-,37-,38-,41+,42+/m1/s1. The van der Waals surface area contributed by atoms with Gasteiger partial charge in [-0.15, -0.1) is 0 Å². The first-order valence-corrected chi connectivity index (χ1v) is 23.2. The van der Waals surface area contributed by atoms with Crippen LogP contribution in [-0.2, 0) is 28.5 Å². The normalized spacial score (nSPS) is 29.6. The predicted molar refractivity (Wildman–Crippen MR) is 227 cm³/mol. The molecule has 2 amide bonds. The Morgan fingerprint density at radius 2 is 0.788 bits per heavy atom. The number of unbranched alkanes of at least 4 members (excludes halogenated alkanes) is 10. The molecule has 16 N–H and O–H groups in total. The van der Waals surface area contributed by atoms with Gasteiger partial charge in [0.1, 0.15) is 85.5 Å². The largest absolute Gasteiger partial charge is 0.394 e. The van der Waals surface area contributed by atoms with Gasteiger partial charge in [-0.25, -0.2) is 0 Å². The number of nitrogens with zero attached hydrogens (tertiary/aromatic N) is 2. The van der Waals surface area contributed by atoms with Crippen molar-refractivity contribution in [1.29, 1.82) is 0 Å². The monoisotopic (exact) mass is 965 g/mol. The molecule has 0 aromatic carbocycles. The van der Waals surface area contributed by atoms with Crippen molar-refractivity contribution >= 4 is 11.8 Å². The molecular formula is C42H80N2O22. The Bertz CT molecular complexity index is 1230. The number of aliphatic hydroxyl groups excluding tert-OH is 16. The highest BCUT2D eigenvalue weighted by molar-refractivity contribution is 5.82. The van der Waals surface area contributed by atoms with Gasteiger partial charge in [-0.2, -0.15) is 0 Å². The Morgan fingerprint density at radius 1 is 0.470 bits per heavy atom. The van der Waals surface area contributed by atoms with E-state index in [1.165, 1.54) is 0 Å². The average Bonchev–Trinajstić information content (AvgIpc) is 3.32. The molecule has 24 heteroatoms. The van der Waals surface area contributed by atoms with Gasteiger partial charge in [0.2, 0.25) is 0 Å². The fourth-order valence-corrected chi connectivity index (χ4v) is 7.77. The van der Waals surface area contributed by atoms with Gasteiger partial charge in [-0.3, -0.25) is 9.59 Å². The molecular weight excluding hydrogens is 884 g/mol. The van der Waals surface area contributed by atoms with E-state index in [1.54, 1.807) is 0 Å². The summed E-state index contributed by atoms with van der Waals surface area (Å²) in [5, 5.41) is 167. The lowest BCUT2D eigenvalue weighted by Crippen LogP contribution is -2.62. The van der Waals surface area contributed by atoms with E-state index in [1.807, 2.05) is 13.8 Å².